The van der Waals surface area contributed by atoms with Crippen LogP contribution in [0.15, 0.2) is 18.2 Å². The van der Waals surface area contributed by atoms with Crippen molar-refractivity contribution in [1.82, 2.24) is 5.32 Å². The highest BCUT2D eigenvalue weighted by atomic mass is 32.1. The second-order valence-electron chi connectivity index (χ2n) is 4.09. The summed E-state index contributed by atoms with van der Waals surface area (Å²) in [5.41, 5.74) is 1.90. The minimum Gasteiger partial charge on any atom is -0.478 e. The molecule has 0 aliphatic heterocycles. The van der Waals surface area contributed by atoms with Gasteiger partial charge in [-0.1, -0.05) is 6.07 Å². The Kier molecular flexibility index (Phi) is 4.45. The Balaban J connectivity index is 2.86. The molecule has 0 saturated heterocycles. The summed E-state index contributed by atoms with van der Waals surface area (Å²) in [6, 6.07) is 5.13. The zero-order chi connectivity index (χ0) is 13.0. The highest BCUT2D eigenvalue weighted by Crippen LogP contribution is 2.16. The summed E-state index contributed by atoms with van der Waals surface area (Å²) < 4.78 is 0. The number of hydrogen-bond donors (Lipinski definition) is 3. The number of rotatable bonds is 3. The predicted octanol–water partition coefficient (Wildman–Crippen LogP) is 2.39. The third-order valence-electron chi connectivity index (χ3n) is 2.15. The van der Waals surface area contributed by atoms with Crippen LogP contribution in [0.25, 0.3) is 0 Å². The number of anilines is 1. The van der Waals surface area contributed by atoms with Gasteiger partial charge in [0.25, 0.3) is 0 Å². The van der Waals surface area contributed by atoms with E-state index in [9.17, 15) is 4.79 Å². The Morgan fingerprint density at radius 3 is 2.59 bits per heavy atom. The van der Waals surface area contributed by atoms with Gasteiger partial charge in [0, 0.05) is 11.7 Å². The molecule has 3 N–H and O–H groups in total. The molecule has 0 aliphatic rings. The topological polar surface area (TPSA) is 61.4 Å². The normalized spacial score (nSPS) is 10.1. The highest BCUT2D eigenvalue weighted by Gasteiger charge is 2.07. The van der Waals surface area contributed by atoms with E-state index in [0.717, 1.165) is 5.56 Å². The van der Waals surface area contributed by atoms with Crippen molar-refractivity contribution >= 4 is 29.0 Å². The number of aryl methyl sites for hydroxylation is 1. The van der Waals surface area contributed by atoms with E-state index in [0.29, 0.717) is 10.8 Å². The predicted molar refractivity (Wildman–Crippen MR) is 72.6 cm³/mol. The molecule has 0 atom stereocenters. The fourth-order valence-electron chi connectivity index (χ4n) is 1.31. The molecule has 1 aromatic carbocycles. The van der Waals surface area contributed by atoms with Crippen molar-refractivity contribution in [3.8, 4) is 0 Å². The maximum Gasteiger partial charge on any atom is 0.335 e. The van der Waals surface area contributed by atoms with Gasteiger partial charge in [-0.3, -0.25) is 0 Å². The first-order valence-corrected chi connectivity index (χ1v) is 5.72. The van der Waals surface area contributed by atoms with Gasteiger partial charge in [0.2, 0.25) is 0 Å². The number of carboxylic acid groups (broad SMARTS) is 1. The summed E-state index contributed by atoms with van der Waals surface area (Å²) in [4.78, 5) is 10.9. The van der Waals surface area contributed by atoms with Crippen molar-refractivity contribution in [2.45, 2.75) is 26.8 Å². The van der Waals surface area contributed by atoms with Crippen LogP contribution in [-0.4, -0.2) is 22.2 Å². The van der Waals surface area contributed by atoms with Crippen LogP contribution in [0.5, 0.6) is 0 Å². The summed E-state index contributed by atoms with van der Waals surface area (Å²) in [6.07, 6.45) is 0. The van der Waals surface area contributed by atoms with Crippen LogP contribution in [0.1, 0.15) is 29.8 Å². The number of aromatic carboxylic acids is 1. The molecule has 0 amide bonds. The van der Waals surface area contributed by atoms with E-state index in [1.54, 1.807) is 18.2 Å². The average molecular weight is 252 g/mol. The monoisotopic (exact) mass is 252 g/mol. The van der Waals surface area contributed by atoms with Gasteiger partial charge in [0.15, 0.2) is 5.11 Å². The quantitative estimate of drug-likeness (QED) is 0.721. The number of carboxylic acids is 1. The van der Waals surface area contributed by atoms with E-state index in [1.165, 1.54) is 0 Å². The molecule has 92 valence electrons. The minimum absolute atomic E-state index is 0.234. The van der Waals surface area contributed by atoms with E-state index in [-0.39, 0.29) is 11.6 Å². The van der Waals surface area contributed by atoms with E-state index >= 15 is 0 Å². The molecular weight excluding hydrogens is 236 g/mol. The summed E-state index contributed by atoms with van der Waals surface area (Å²) in [7, 11) is 0. The SMILES string of the molecule is Cc1ccc(C(=O)O)cc1NC(=S)NC(C)C. The molecule has 0 radical (unpaired) electrons. The number of carbonyl (C=O) groups is 1. The standard InChI is InChI=1S/C12H16N2O2S/c1-7(2)13-12(17)14-10-6-9(11(15)16)5-4-8(10)3/h4-7H,1-3H3,(H,15,16)(H2,13,14,17). The van der Waals surface area contributed by atoms with Crippen molar-refractivity contribution in [3.63, 3.8) is 0 Å². The number of benzene rings is 1. The molecule has 5 heteroatoms. The second kappa shape index (κ2) is 5.63. The van der Waals surface area contributed by atoms with E-state index < -0.39 is 5.97 Å². The number of hydrogen-bond acceptors (Lipinski definition) is 2. The van der Waals surface area contributed by atoms with Crippen molar-refractivity contribution < 1.29 is 9.90 Å². The maximum absolute atomic E-state index is 10.9. The van der Waals surface area contributed by atoms with Gasteiger partial charge in [-0.15, -0.1) is 0 Å². The molecule has 0 heterocycles. The Labute approximate surface area is 106 Å². The van der Waals surface area contributed by atoms with Crippen LogP contribution >= 0.6 is 12.2 Å². The Morgan fingerprint density at radius 1 is 1.41 bits per heavy atom. The van der Waals surface area contributed by atoms with Crippen LogP contribution in [0.3, 0.4) is 0 Å². The van der Waals surface area contributed by atoms with Crippen molar-refractivity contribution in [2.24, 2.45) is 0 Å². The molecular formula is C12H16N2O2S. The van der Waals surface area contributed by atoms with Gasteiger partial charge < -0.3 is 15.7 Å². The van der Waals surface area contributed by atoms with Crippen LogP contribution in [0, 0.1) is 6.92 Å². The molecule has 0 aliphatic carbocycles. The average Bonchev–Trinajstić information content (AvgIpc) is 2.19. The van der Waals surface area contributed by atoms with Crippen molar-refractivity contribution in [3.05, 3.63) is 29.3 Å². The summed E-state index contributed by atoms with van der Waals surface area (Å²) in [5.74, 6) is -0.948. The molecule has 1 aromatic rings. The Bertz CT molecular complexity index is 444. The highest BCUT2D eigenvalue weighted by molar-refractivity contribution is 7.80. The van der Waals surface area contributed by atoms with Crippen LogP contribution in [0.4, 0.5) is 5.69 Å². The molecule has 0 bridgehead atoms. The van der Waals surface area contributed by atoms with Gasteiger partial charge in [-0.25, -0.2) is 4.79 Å². The molecule has 0 unspecified atom stereocenters. The Hall–Kier alpha value is -1.62. The van der Waals surface area contributed by atoms with E-state index in [2.05, 4.69) is 10.6 Å². The smallest absolute Gasteiger partial charge is 0.335 e. The number of nitrogens with one attached hydrogen (secondary N) is 2. The molecule has 0 saturated carbocycles. The lowest BCUT2D eigenvalue weighted by atomic mass is 10.1. The third-order valence-corrected chi connectivity index (χ3v) is 2.37. The first-order chi connectivity index (χ1) is 7.90. The molecule has 0 aromatic heterocycles. The molecule has 0 spiro atoms. The maximum atomic E-state index is 10.9. The fourth-order valence-corrected chi connectivity index (χ4v) is 1.66. The summed E-state index contributed by atoms with van der Waals surface area (Å²) in [6.45, 7) is 5.86. The lowest BCUT2D eigenvalue weighted by Crippen LogP contribution is -2.34. The minimum atomic E-state index is -0.948. The molecule has 1 rings (SSSR count). The first-order valence-electron chi connectivity index (χ1n) is 5.31. The van der Waals surface area contributed by atoms with Crippen LogP contribution in [0.2, 0.25) is 0 Å². The van der Waals surface area contributed by atoms with Gasteiger partial charge in [0.05, 0.1) is 5.56 Å². The lowest BCUT2D eigenvalue weighted by Gasteiger charge is -2.15. The zero-order valence-corrected chi connectivity index (χ0v) is 10.9. The Morgan fingerprint density at radius 2 is 2.06 bits per heavy atom. The van der Waals surface area contributed by atoms with Crippen LogP contribution < -0.4 is 10.6 Å². The van der Waals surface area contributed by atoms with Gasteiger partial charge in [0.1, 0.15) is 0 Å². The zero-order valence-electron chi connectivity index (χ0n) is 10.1. The van der Waals surface area contributed by atoms with Gasteiger partial charge >= 0.3 is 5.97 Å². The number of thiocarbonyl (C=S) groups is 1. The van der Waals surface area contributed by atoms with Crippen molar-refractivity contribution in [1.29, 1.82) is 0 Å². The largest absolute Gasteiger partial charge is 0.478 e. The summed E-state index contributed by atoms with van der Waals surface area (Å²) >= 11 is 5.11. The molecule has 4 nitrogen and oxygen atoms in total. The first kappa shape index (κ1) is 13.4. The second-order valence-corrected chi connectivity index (χ2v) is 4.50. The summed E-state index contributed by atoms with van der Waals surface area (Å²) in [5, 5.41) is 15.4. The van der Waals surface area contributed by atoms with Crippen molar-refractivity contribution in [2.75, 3.05) is 5.32 Å². The van der Waals surface area contributed by atoms with Gasteiger partial charge in [-0.05, 0) is 50.7 Å². The van der Waals surface area contributed by atoms with E-state index in [1.807, 2.05) is 20.8 Å². The molecule has 0 fully saturated rings. The lowest BCUT2D eigenvalue weighted by molar-refractivity contribution is 0.0697. The van der Waals surface area contributed by atoms with Crippen LogP contribution in [-0.2, 0) is 0 Å². The van der Waals surface area contributed by atoms with Gasteiger partial charge in [-0.2, -0.15) is 0 Å². The third kappa shape index (κ3) is 4.03. The fraction of sp³-hybridized carbons (Fsp3) is 0.333. The van der Waals surface area contributed by atoms with E-state index in [4.69, 9.17) is 17.3 Å². The molecule has 17 heavy (non-hydrogen) atoms.